The molecule has 1 aromatic carbocycles. The number of imidazole rings is 1. The standard InChI is InChI=1S/C23H32BrN5O2Si/c1-22(2,3)32-31-23(4,5)17-14-16(6-7-18(17)28-10-12-30-13-11-28)27-20-21-25-8-9-29(21)19(24)15-26-20/h6-9,14-15H,10-13,32H2,1-5H3,(H,26,27). The van der Waals surface area contributed by atoms with Crippen LogP contribution in [0.5, 0.6) is 0 Å². The number of hydrogen-bond donors (Lipinski definition) is 1. The van der Waals surface area contributed by atoms with E-state index in [9.17, 15) is 0 Å². The molecule has 4 rings (SSSR count). The Labute approximate surface area is 200 Å². The molecule has 32 heavy (non-hydrogen) atoms. The van der Waals surface area contributed by atoms with E-state index >= 15 is 0 Å². The molecular weight excluding hydrogens is 486 g/mol. The van der Waals surface area contributed by atoms with Crippen molar-refractivity contribution >= 4 is 48.5 Å². The molecule has 1 N–H and O–H groups in total. The lowest BCUT2D eigenvalue weighted by molar-refractivity contribution is 0.107. The lowest BCUT2D eigenvalue weighted by atomic mass is 9.95. The van der Waals surface area contributed by atoms with Crippen LogP contribution in [-0.2, 0) is 14.8 Å². The van der Waals surface area contributed by atoms with Crippen LogP contribution in [0, 0.1) is 0 Å². The largest absolute Gasteiger partial charge is 0.414 e. The summed E-state index contributed by atoms with van der Waals surface area (Å²) in [5, 5.41) is 3.69. The molecule has 3 heterocycles. The maximum absolute atomic E-state index is 6.61. The van der Waals surface area contributed by atoms with Crippen molar-refractivity contribution in [3.05, 3.63) is 47.0 Å². The molecule has 7 nitrogen and oxygen atoms in total. The highest BCUT2D eigenvalue weighted by molar-refractivity contribution is 9.10. The molecule has 1 aliphatic rings. The van der Waals surface area contributed by atoms with Gasteiger partial charge in [-0.15, -0.1) is 0 Å². The summed E-state index contributed by atoms with van der Waals surface area (Å²) >= 11 is 3.52. The highest BCUT2D eigenvalue weighted by Gasteiger charge is 2.29. The highest BCUT2D eigenvalue weighted by Crippen LogP contribution is 2.38. The number of fused-ring (bicyclic) bond motifs is 1. The number of halogens is 1. The molecule has 9 heteroatoms. The first-order chi connectivity index (χ1) is 15.1. The lowest BCUT2D eigenvalue weighted by Crippen LogP contribution is -2.38. The molecule has 172 valence electrons. The summed E-state index contributed by atoms with van der Waals surface area (Å²) in [4.78, 5) is 11.4. The summed E-state index contributed by atoms with van der Waals surface area (Å²) < 4.78 is 15.0. The molecule has 0 aliphatic carbocycles. The second-order valence-corrected chi connectivity index (χ2v) is 13.4. The van der Waals surface area contributed by atoms with E-state index < -0.39 is 15.4 Å². The number of ether oxygens (including phenoxy) is 1. The van der Waals surface area contributed by atoms with Gasteiger partial charge in [0.15, 0.2) is 21.2 Å². The second kappa shape index (κ2) is 9.13. The molecule has 0 amide bonds. The van der Waals surface area contributed by atoms with Crippen LogP contribution in [-0.4, -0.2) is 50.4 Å². The fourth-order valence-corrected chi connectivity index (χ4v) is 5.10. The molecule has 1 fully saturated rings. The summed E-state index contributed by atoms with van der Waals surface area (Å²) in [6, 6.07) is 6.49. The number of morpholine rings is 1. The maximum Gasteiger partial charge on any atom is 0.181 e. The zero-order valence-corrected chi connectivity index (χ0v) is 22.5. The Kier molecular flexibility index (Phi) is 6.62. The van der Waals surface area contributed by atoms with Crippen LogP contribution in [0.4, 0.5) is 17.2 Å². The predicted molar refractivity (Wildman–Crippen MR) is 136 cm³/mol. The Hall–Kier alpha value is -1.94. The van der Waals surface area contributed by atoms with Gasteiger partial charge in [-0.25, -0.2) is 9.97 Å². The summed E-state index contributed by atoms with van der Waals surface area (Å²) in [5.41, 5.74) is 3.72. The van der Waals surface area contributed by atoms with Crippen LogP contribution in [0.1, 0.15) is 40.2 Å². The SMILES string of the molecule is CC(C)(C)[SiH2]OC(C)(C)c1cc(Nc2ncc(Br)n3ccnc23)ccc1N1CCOCC1. The molecule has 2 aromatic heterocycles. The fourth-order valence-electron chi connectivity index (χ4n) is 3.76. The van der Waals surface area contributed by atoms with Gasteiger partial charge in [0.1, 0.15) is 4.60 Å². The van der Waals surface area contributed by atoms with E-state index in [0.717, 1.165) is 42.2 Å². The van der Waals surface area contributed by atoms with Crippen LogP contribution in [0.15, 0.2) is 41.4 Å². The van der Waals surface area contributed by atoms with Gasteiger partial charge in [0.05, 0.1) is 25.0 Å². The van der Waals surface area contributed by atoms with Crippen molar-refractivity contribution < 1.29 is 9.16 Å². The topological polar surface area (TPSA) is 63.9 Å². The van der Waals surface area contributed by atoms with E-state index in [4.69, 9.17) is 9.16 Å². The van der Waals surface area contributed by atoms with E-state index in [1.807, 2.05) is 10.6 Å². The van der Waals surface area contributed by atoms with Gasteiger partial charge in [-0.1, -0.05) is 20.8 Å². The van der Waals surface area contributed by atoms with Crippen molar-refractivity contribution in [2.75, 3.05) is 36.5 Å². The van der Waals surface area contributed by atoms with Crippen LogP contribution < -0.4 is 10.2 Å². The molecule has 0 atom stereocenters. The van der Waals surface area contributed by atoms with E-state index in [1.165, 1.54) is 11.3 Å². The van der Waals surface area contributed by atoms with Gasteiger partial charge in [0.25, 0.3) is 0 Å². The minimum Gasteiger partial charge on any atom is -0.414 e. The highest BCUT2D eigenvalue weighted by atomic mass is 79.9. The van der Waals surface area contributed by atoms with Gasteiger partial charge < -0.3 is 19.4 Å². The molecule has 0 spiro atoms. The molecule has 1 saturated heterocycles. The van der Waals surface area contributed by atoms with Crippen molar-refractivity contribution in [3.8, 4) is 0 Å². The molecular formula is C23H32BrN5O2Si. The van der Waals surface area contributed by atoms with Crippen molar-refractivity contribution in [1.29, 1.82) is 0 Å². The summed E-state index contributed by atoms with van der Waals surface area (Å²) in [6.45, 7) is 14.4. The predicted octanol–water partition coefficient (Wildman–Crippen LogP) is 4.63. The minimum atomic E-state index is -0.732. The van der Waals surface area contributed by atoms with Crippen molar-refractivity contribution in [2.45, 2.75) is 45.3 Å². The average Bonchev–Trinajstić information content (AvgIpc) is 3.26. The summed E-state index contributed by atoms with van der Waals surface area (Å²) in [7, 11) is -0.732. The Bertz CT molecular complexity index is 1090. The molecule has 1 aliphatic heterocycles. The lowest BCUT2D eigenvalue weighted by Gasteiger charge is -2.37. The van der Waals surface area contributed by atoms with Crippen LogP contribution in [0.25, 0.3) is 5.65 Å². The van der Waals surface area contributed by atoms with Crippen LogP contribution >= 0.6 is 15.9 Å². The van der Waals surface area contributed by atoms with Crippen LogP contribution in [0.3, 0.4) is 0 Å². The first-order valence-corrected chi connectivity index (χ1v) is 13.1. The fraction of sp³-hybridized carbons (Fsp3) is 0.478. The minimum absolute atomic E-state index is 0.222. The molecule has 0 radical (unpaired) electrons. The summed E-state index contributed by atoms with van der Waals surface area (Å²) in [6.07, 6.45) is 5.46. The molecule has 0 bridgehead atoms. The van der Waals surface area contributed by atoms with E-state index in [1.54, 1.807) is 12.4 Å². The van der Waals surface area contributed by atoms with Gasteiger partial charge in [0.2, 0.25) is 0 Å². The zero-order chi connectivity index (χ0) is 22.9. The van der Waals surface area contributed by atoms with E-state index in [-0.39, 0.29) is 5.04 Å². The Morgan fingerprint density at radius 1 is 1.12 bits per heavy atom. The third-order valence-corrected chi connectivity index (χ3v) is 7.83. The second-order valence-electron chi connectivity index (χ2n) is 9.87. The van der Waals surface area contributed by atoms with E-state index in [0.29, 0.717) is 5.82 Å². The number of nitrogens with one attached hydrogen (secondary N) is 1. The van der Waals surface area contributed by atoms with Crippen molar-refractivity contribution in [3.63, 3.8) is 0 Å². The maximum atomic E-state index is 6.61. The third kappa shape index (κ3) is 5.17. The van der Waals surface area contributed by atoms with Crippen LogP contribution in [0.2, 0.25) is 5.04 Å². The Balaban J connectivity index is 1.70. The van der Waals surface area contributed by atoms with Gasteiger partial charge in [-0.05, 0) is 53.0 Å². The summed E-state index contributed by atoms with van der Waals surface area (Å²) in [5.74, 6) is 0.714. The van der Waals surface area contributed by atoms with Gasteiger partial charge in [0, 0.05) is 42.4 Å². The number of benzene rings is 1. The third-order valence-electron chi connectivity index (χ3n) is 5.51. The van der Waals surface area contributed by atoms with Gasteiger partial charge >= 0.3 is 0 Å². The Morgan fingerprint density at radius 2 is 1.88 bits per heavy atom. The average molecular weight is 519 g/mol. The number of nitrogens with zero attached hydrogens (tertiary/aromatic N) is 4. The van der Waals surface area contributed by atoms with Gasteiger partial charge in [-0.2, -0.15) is 0 Å². The molecule has 3 aromatic rings. The monoisotopic (exact) mass is 517 g/mol. The first kappa shape index (κ1) is 23.2. The quantitative estimate of drug-likeness (QED) is 0.481. The van der Waals surface area contributed by atoms with Crippen molar-refractivity contribution in [1.82, 2.24) is 14.4 Å². The molecule has 0 unspecified atom stereocenters. The first-order valence-electron chi connectivity index (χ1n) is 11.0. The van der Waals surface area contributed by atoms with Gasteiger partial charge in [-0.3, -0.25) is 4.40 Å². The number of rotatable bonds is 6. The number of anilines is 3. The molecule has 0 saturated carbocycles. The normalized spacial score (nSPS) is 15.8. The Morgan fingerprint density at radius 3 is 2.59 bits per heavy atom. The number of hydrogen-bond acceptors (Lipinski definition) is 6. The zero-order valence-electron chi connectivity index (χ0n) is 19.5. The number of aromatic nitrogens is 3. The van der Waals surface area contributed by atoms with Crippen molar-refractivity contribution in [2.24, 2.45) is 0 Å². The smallest absolute Gasteiger partial charge is 0.181 e. The van der Waals surface area contributed by atoms with E-state index in [2.05, 4.69) is 88.9 Å².